The predicted molar refractivity (Wildman–Crippen MR) is 90.2 cm³/mol. The zero-order chi connectivity index (χ0) is 17.2. The Bertz CT molecular complexity index is 992. The molecule has 0 fully saturated rings. The monoisotopic (exact) mass is 340 g/mol. The summed E-state index contributed by atoms with van der Waals surface area (Å²) in [5, 5.41) is 2.82. The van der Waals surface area contributed by atoms with E-state index in [-0.39, 0.29) is 17.3 Å². The molecule has 3 N–H and O–H groups in total. The van der Waals surface area contributed by atoms with Crippen LogP contribution in [0.3, 0.4) is 0 Å². The number of nitrogens with one attached hydrogen (secondary N) is 3. The van der Waals surface area contributed by atoms with Crippen LogP contribution in [0.5, 0.6) is 11.5 Å². The van der Waals surface area contributed by atoms with E-state index >= 15 is 0 Å². The normalized spacial score (nSPS) is 13.0. The molecule has 2 aromatic heterocycles. The predicted octanol–water partition coefficient (Wildman–Crippen LogP) is 0.995. The lowest BCUT2D eigenvalue weighted by Gasteiger charge is -2.18. The average molecular weight is 340 g/mol. The molecule has 1 aliphatic heterocycles. The van der Waals surface area contributed by atoms with Crippen LogP contribution in [0.2, 0.25) is 0 Å². The lowest BCUT2D eigenvalue weighted by atomic mass is 10.1. The molecule has 0 aliphatic carbocycles. The van der Waals surface area contributed by atoms with Crippen LogP contribution in [0.4, 0.5) is 0 Å². The van der Waals surface area contributed by atoms with Crippen LogP contribution in [0.15, 0.2) is 35.1 Å². The van der Waals surface area contributed by atoms with Gasteiger partial charge in [0.15, 0.2) is 17.1 Å². The van der Waals surface area contributed by atoms with Crippen molar-refractivity contribution in [1.82, 2.24) is 20.3 Å². The number of carbonyl (C=O) groups is 1. The van der Waals surface area contributed by atoms with Crippen molar-refractivity contribution in [3.63, 3.8) is 0 Å². The minimum absolute atomic E-state index is 0.255. The zero-order valence-corrected chi connectivity index (χ0v) is 13.3. The van der Waals surface area contributed by atoms with Gasteiger partial charge in [-0.15, -0.1) is 0 Å². The Morgan fingerprint density at radius 3 is 2.84 bits per heavy atom. The minimum atomic E-state index is -0.348. The zero-order valence-electron chi connectivity index (χ0n) is 13.3. The molecule has 0 bridgehead atoms. The molecule has 0 saturated carbocycles. The number of rotatable bonds is 4. The van der Waals surface area contributed by atoms with Crippen molar-refractivity contribution < 1.29 is 14.3 Å². The third-order valence-corrected chi connectivity index (χ3v) is 3.91. The highest BCUT2D eigenvalue weighted by atomic mass is 16.6. The van der Waals surface area contributed by atoms with Gasteiger partial charge in [-0.25, -0.2) is 9.78 Å². The standard InChI is InChI=1S/C17H16N4O4/c22-16(12-3-2-11-15(19-12)21-17(23)20-11)18-6-5-10-1-4-13-14(9-10)25-8-7-24-13/h1-4,9H,5-8H2,(H,18,22)(H2,19,20,21,23). The average Bonchev–Trinajstić information content (AvgIpc) is 3.00. The number of aromatic nitrogens is 3. The van der Waals surface area contributed by atoms with Crippen LogP contribution in [0.25, 0.3) is 11.2 Å². The Labute approximate surface area is 142 Å². The molecule has 0 atom stereocenters. The van der Waals surface area contributed by atoms with Crippen molar-refractivity contribution in [2.75, 3.05) is 19.8 Å². The van der Waals surface area contributed by atoms with Crippen molar-refractivity contribution in [3.05, 3.63) is 52.1 Å². The van der Waals surface area contributed by atoms with Gasteiger partial charge in [0.2, 0.25) is 0 Å². The van der Waals surface area contributed by atoms with E-state index in [2.05, 4.69) is 20.3 Å². The highest BCUT2D eigenvalue weighted by Crippen LogP contribution is 2.30. The van der Waals surface area contributed by atoms with Crippen molar-refractivity contribution in [2.45, 2.75) is 6.42 Å². The number of carbonyl (C=O) groups excluding carboxylic acids is 1. The van der Waals surface area contributed by atoms with Gasteiger partial charge in [0.05, 0.1) is 5.52 Å². The van der Waals surface area contributed by atoms with E-state index in [1.165, 1.54) is 0 Å². The molecule has 0 spiro atoms. The van der Waals surface area contributed by atoms with Gasteiger partial charge in [0, 0.05) is 6.54 Å². The van der Waals surface area contributed by atoms with Gasteiger partial charge in [-0.2, -0.15) is 0 Å². The third-order valence-electron chi connectivity index (χ3n) is 3.91. The van der Waals surface area contributed by atoms with Crippen molar-refractivity contribution >= 4 is 17.1 Å². The number of aromatic amines is 2. The second-order valence-corrected chi connectivity index (χ2v) is 5.66. The summed E-state index contributed by atoms with van der Waals surface area (Å²) in [6.07, 6.45) is 0.658. The number of imidazole rings is 1. The number of amides is 1. The number of hydrogen-bond acceptors (Lipinski definition) is 5. The maximum Gasteiger partial charge on any atom is 0.325 e. The van der Waals surface area contributed by atoms with E-state index in [1.54, 1.807) is 12.1 Å². The molecular weight excluding hydrogens is 324 g/mol. The smallest absolute Gasteiger partial charge is 0.325 e. The second-order valence-electron chi connectivity index (χ2n) is 5.66. The summed E-state index contributed by atoms with van der Waals surface area (Å²) in [4.78, 5) is 32.7. The van der Waals surface area contributed by atoms with Crippen LogP contribution in [0, 0.1) is 0 Å². The van der Waals surface area contributed by atoms with Crippen molar-refractivity contribution in [3.8, 4) is 11.5 Å². The molecule has 3 aromatic rings. The summed E-state index contributed by atoms with van der Waals surface area (Å²) >= 11 is 0. The minimum Gasteiger partial charge on any atom is -0.486 e. The first-order chi connectivity index (χ1) is 12.2. The van der Waals surface area contributed by atoms with Crippen LogP contribution >= 0.6 is 0 Å². The summed E-state index contributed by atoms with van der Waals surface area (Å²) in [5.74, 6) is 1.19. The van der Waals surface area contributed by atoms with Gasteiger partial charge in [-0.1, -0.05) is 6.07 Å². The number of nitrogens with zero attached hydrogens (tertiary/aromatic N) is 1. The van der Waals surface area contributed by atoms with E-state index in [4.69, 9.17) is 9.47 Å². The third kappa shape index (κ3) is 3.18. The fourth-order valence-corrected chi connectivity index (χ4v) is 2.70. The second kappa shape index (κ2) is 6.31. The molecule has 3 heterocycles. The van der Waals surface area contributed by atoms with Crippen LogP contribution in [-0.2, 0) is 6.42 Å². The molecule has 0 unspecified atom stereocenters. The lowest BCUT2D eigenvalue weighted by molar-refractivity contribution is 0.0949. The molecule has 128 valence electrons. The summed E-state index contributed by atoms with van der Waals surface area (Å²) in [5.41, 5.74) is 1.88. The Morgan fingerprint density at radius 1 is 1.12 bits per heavy atom. The maximum atomic E-state index is 12.2. The van der Waals surface area contributed by atoms with Gasteiger partial charge < -0.3 is 19.8 Å². The van der Waals surface area contributed by atoms with E-state index in [1.807, 2.05) is 18.2 Å². The van der Waals surface area contributed by atoms with Crippen molar-refractivity contribution in [2.24, 2.45) is 0 Å². The number of fused-ring (bicyclic) bond motifs is 2. The number of pyridine rings is 1. The Balaban J connectivity index is 1.38. The maximum absolute atomic E-state index is 12.2. The summed E-state index contributed by atoms with van der Waals surface area (Å²) in [7, 11) is 0. The number of hydrogen-bond donors (Lipinski definition) is 3. The number of benzene rings is 1. The first-order valence-electron chi connectivity index (χ1n) is 7.95. The molecule has 8 nitrogen and oxygen atoms in total. The molecule has 1 aromatic carbocycles. The fraction of sp³-hybridized carbons (Fsp3) is 0.235. The Morgan fingerprint density at radius 2 is 1.96 bits per heavy atom. The van der Waals surface area contributed by atoms with Crippen LogP contribution in [-0.4, -0.2) is 40.6 Å². The quantitative estimate of drug-likeness (QED) is 0.656. The highest BCUT2D eigenvalue weighted by molar-refractivity contribution is 5.93. The molecule has 0 saturated heterocycles. The van der Waals surface area contributed by atoms with Gasteiger partial charge in [0.25, 0.3) is 5.91 Å². The number of H-pyrrole nitrogens is 2. The molecular formula is C17H16N4O4. The van der Waals surface area contributed by atoms with Crippen LogP contribution in [0.1, 0.15) is 16.1 Å². The van der Waals surface area contributed by atoms with E-state index in [9.17, 15) is 9.59 Å². The van der Waals surface area contributed by atoms with E-state index in [0.29, 0.717) is 37.3 Å². The topological polar surface area (TPSA) is 109 Å². The SMILES string of the molecule is O=C(NCCc1ccc2c(c1)OCCO2)c1ccc2[nH]c(=O)[nH]c2n1. The molecule has 8 heteroatoms. The Hall–Kier alpha value is -3.29. The largest absolute Gasteiger partial charge is 0.486 e. The molecule has 1 aliphatic rings. The molecule has 1 amide bonds. The first-order valence-corrected chi connectivity index (χ1v) is 7.95. The van der Waals surface area contributed by atoms with Gasteiger partial charge in [-0.3, -0.25) is 9.78 Å². The molecule has 4 rings (SSSR count). The summed E-state index contributed by atoms with van der Waals surface area (Å²) in [6, 6.07) is 8.98. The summed E-state index contributed by atoms with van der Waals surface area (Å²) in [6.45, 7) is 1.57. The van der Waals surface area contributed by atoms with E-state index in [0.717, 1.165) is 17.1 Å². The van der Waals surface area contributed by atoms with Gasteiger partial charge >= 0.3 is 5.69 Å². The van der Waals surface area contributed by atoms with Gasteiger partial charge in [0.1, 0.15) is 18.9 Å². The number of ether oxygens (including phenoxy) is 2. The Kier molecular flexibility index (Phi) is 3.85. The van der Waals surface area contributed by atoms with E-state index < -0.39 is 0 Å². The lowest BCUT2D eigenvalue weighted by Crippen LogP contribution is -2.26. The molecule has 0 radical (unpaired) electrons. The summed E-state index contributed by atoms with van der Waals surface area (Å²) < 4.78 is 11.0. The van der Waals surface area contributed by atoms with Gasteiger partial charge in [-0.05, 0) is 36.2 Å². The van der Waals surface area contributed by atoms with Crippen molar-refractivity contribution in [1.29, 1.82) is 0 Å². The fourth-order valence-electron chi connectivity index (χ4n) is 2.70. The highest BCUT2D eigenvalue weighted by Gasteiger charge is 2.12. The molecule has 25 heavy (non-hydrogen) atoms. The first kappa shape index (κ1) is 15.3. The van der Waals surface area contributed by atoms with Crippen LogP contribution < -0.4 is 20.5 Å².